The van der Waals surface area contributed by atoms with Crippen LogP contribution in [-0.2, 0) is 13.6 Å². The van der Waals surface area contributed by atoms with Crippen molar-refractivity contribution in [1.82, 2.24) is 4.57 Å². The van der Waals surface area contributed by atoms with Crippen molar-refractivity contribution in [2.75, 3.05) is 6.61 Å². The van der Waals surface area contributed by atoms with Crippen molar-refractivity contribution < 1.29 is 4.74 Å². The van der Waals surface area contributed by atoms with Crippen LogP contribution < -0.4 is 16.0 Å². The Morgan fingerprint density at radius 3 is 2.74 bits per heavy atom. The van der Waals surface area contributed by atoms with Gasteiger partial charge in [0.15, 0.2) is 0 Å². The van der Waals surface area contributed by atoms with Crippen molar-refractivity contribution in [3.63, 3.8) is 0 Å². The quantitative estimate of drug-likeness (QED) is 0.936. The third kappa shape index (κ3) is 2.46. The lowest BCUT2D eigenvalue weighted by atomic mass is 10.1. The van der Waals surface area contributed by atoms with Gasteiger partial charge in [0.1, 0.15) is 5.75 Å². The Hall–Kier alpha value is -1.52. The molecule has 2 N–H and O–H groups in total. The number of pyridine rings is 1. The number of nitrogens with zero attached hydrogens (tertiary/aromatic N) is 1. The third-order valence-electron chi connectivity index (χ3n) is 3.07. The zero-order chi connectivity index (χ0) is 14.0. The topological polar surface area (TPSA) is 57.2 Å². The number of benzene rings is 1. The van der Waals surface area contributed by atoms with Gasteiger partial charge < -0.3 is 15.0 Å². The van der Waals surface area contributed by atoms with E-state index in [1.165, 1.54) is 0 Å². The Labute approximate surface area is 116 Å². The molecule has 0 bridgehead atoms. The van der Waals surface area contributed by atoms with E-state index < -0.39 is 0 Å². The van der Waals surface area contributed by atoms with Crippen molar-refractivity contribution in [3.8, 4) is 5.75 Å². The number of fused-ring (bicyclic) bond motifs is 1. The Bertz CT molecular complexity index is 665. The minimum absolute atomic E-state index is 0.0871. The minimum atomic E-state index is -0.0871. The summed E-state index contributed by atoms with van der Waals surface area (Å²) in [6, 6.07) is 5.18. The standard InChI is InChI=1S/C14H17ClN2O2/c1-3-6-19-13-11-7-9(15)4-5-10(11)14(18)17(2)12(13)8-16/h4-5,7H,3,6,8,16H2,1-2H3. The van der Waals surface area contributed by atoms with Crippen molar-refractivity contribution in [2.24, 2.45) is 12.8 Å². The van der Waals surface area contributed by atoms with Crippen LogP contribution in [0.15, 0.2) is 23.0 Å². The maximum Gasteiger partial charge on any atom is 0.258 e. The number of rotatable bonds is 4. The fourth-order valence-corrected chi connectivity index (χ4v) is 2.27. The van der Waals surface area contributed by atoms with Gasteiger partial charge >= 0.3 is 0 Å². The smallest absolute Gasteiger partial charge is 0.258 e. The molecule has 2 rings (SSSR count). The van der Waals surface area contributed by atoms with Gasteiger partial charge in [-0.1, -0.05) is 18.5 Å². The highest BCUT2D eigenvalue weighted by Crippen LogP contribution is 2.29. The van der Waals surface area contributed by atoms with Gasteiger partial charge in [-0.3, -0.25) is 4.79 Å². The summed E-state index contributed by atoms with van der Waals surface area (Å²) in [5.41, 5.74) is 6.35. The molecule has 0 aliphatic carbocycles. The Morgan fingerprint density at radius 1 is 1.37 bits per heavy atom. The van der Waals surface area contributed by atoms with Crippen LogP contribution in [0.5, 0.6) is 5.75 Å². The molecule has 0 aliphatic rings. The Kier molecular flexibility index (Phi) is 4.12. The molecule has 0 atom stereocenters. The molecular weight excluding hydrogens is 264 g/mol. The SMILES string of the molecule is CCCOc1c(CN)n(C)c(=O)c2ccc(Cl)cc12. The summed E-state index contributed by atoms with van der Waals surface area (Å²) in [5, 5.41) is 1.89. The molecule has 0 unspecified atom stereocenters. The highest BCUT2D eigenvalue weighted by molar-refractivity contribution is 6.31. The van der Waals surface area contributed by atoms with E-state index in [2.05, 4.69) is 0 Å². The summed E-state index contributed by atoms with van der Waals surface area (Å²) in [6.07, 6.45) is 0.884. The second kappa shape index (κ2) is 5.63. The van der Waals surface area contributed by atoms with Crippen molar-refractivity contribution in [3.05, 3.63) is 39.3 Å². The number of hydrogen-bond acceptors (Lipinski definition) is 3. The molecule has 0 spiro atoms. The summed E-state index contributed by atoms with van der Waals surface area (Å²) in [6.45, 7) is 2.85. The highest BCUT2D eigenvalue weighted by atomic mass is 35.5. The van der Waals surface area contributed by atoms with Crippen LogP contribution in [0.3, 0.4) is 0 Å². The molecule has 0 aliphatic heterocycles. The maximum atomic E-state index is 12.3. The first-order valence-corrected chi connectivity index (χ1v) is 6.62. The van der Waals surface area contributed by atoms with Gasteiger partial charge in [-0.2, -0.15) is 0 Å². The molecular formula is C14H17ClN2O2. The van der Waals surface area contributed by atoms with Gasteiger partial charge in [-0.25, -0.2) is 0 Å². The van der Waals surface area contributed by atoms with E-state index in [1.54, 1.807) is 29.8 Å². The van der Waals surface area contributed by atoms with Gasteiger partial charge in [0, 0.05) is 24.0 Å². The molecule has 1 aromatic heterocycles. The second-order valence-corrected chi connectivity index (χ2v) is 4.82. The van der Waals surface area contributed by atoms with Gasteiger partial charge in [0.05, 0.1) is 17.7 Å². The van der Waals surface area contributed by atoms with E-state index in [4.69, 9.17) is 22.1 Å². The van der Waals surface area contributed by atoms with Crippen molar-refractivity contribution >= 4 is 22.4 Å². The minimum Gasteiger partial charge on any atom is -0.491 e. The molecule has 0 saturated heterocycles. The summed E-state index contributed by atoms with van der Waals surface area (Å²) in [7, 11) is 1.71. The number of hydrogen-bond donors (Lipinski definition) is 1. The number of ether oxygens (including phenoxy) is 1. The summed E-state index contributed by atoms with van der Waals surface area (Å²) in [5.74, 6) is 0.656. The first kappa shape index (κ1) is 13.9. The lowest BCUT2D eigenvalue weighted by Gasteiger charge is -2.16. The molecule has 5 heteroatoms. The van der Waals surface area contributed by atoms with E-state index in [9.17, 15) is 4.79 Å². The van der Waals surface area contributed by atoms with Crippen LogP contribution in [-0.4, -0.2) is 11.2 Å². The fraction of sp³-hybridized carbons (Fsp3) is 0.357. The molecule has 0 fully saturated rings. The third-order valence-corrected chi connectivity index (χ3v) is 3.31. The zero-order valence-corrected chi connectivity index (χ0v) is 11.8. The molecule has 2 aromatic rings. The fourth-order valence-electron chi connectivity index (χ4n) is 2.10. The lowest BCUT2D eigenvalue weighted by molar-refractivity contribution is 0.314. The first-order valence-electron chi connectivity index (χ1n) is 6.24. The molecule has 0 amide bonds. The van der Waals surface area contributed by atoms with E-state index in [0.29, 0.717) is 28.5 Å². The van der Waals surface area contributed by atoms with E-state index in [1.807, 2.05) is 6.92 Å². The summed E-state index contributed by atoms with van der Waals surface area (Å²) >= 11 is 6.02. The average molecular weight is 281 g/mol. The summed E-state index contributed by atoms with van der Waals surface area (Å²) < 4.78 is 7.33. The second-order valence-electron chi connectivity index (χ2n) is 4.38. The molecule has 0 saturated carbocycles. The Balaban J connectivity index is 2.82. The van der Waals surface area contributed by atoms with Crippen LogP contribution >= 0.6 is 11.6 Å². The Morgan fingerprint density at radius 2 is 2.11 bits per heavy atom. The largest absolute Gasteiger partial charge is 0.491 e. The van der Waals surface area contributed by atoms with Gasteiger partial charge in [0.25, 0.3) is 5.56 Å². The van der Waals surface area contributed by atoms with Crippen LogP contribution in [0, 0.1) is 0 Å². The van der Waals surface area contributed by atoms with Crippen molar-refractivity contribution in [2.45, 2.75) is 19.9 Å². The molecule has 1 aromatic carbocycles. The number of halogens is 1. The molecule has 1 heterocycles. The van der Waals surface area contributed by atoms with Gasteiger partial charge in [0.2, 0.25) is 0 Å². The molecule has 19 heavy (non-hydrogen) atoms. The first-order chi connectivity index (χ1) is 9.10. The number of aromatic nitrogens is 1. The van der Waals surface area contributed by atoms with Crippen LogP contribution in [0.4, 0.5) is 0 Å². The van der Waals surface area contributed by atoms with E-state index in [-0.39, 0.29) is 12.1 Å². The van der Waals surface area contributed by atoms with Gasteiger partial charge in [-0.05, 0) is 24.6 Å². The highest BCUT2D eigenvalue weighted by Gasteiger charge is 2.15. The zero-order valence-electron chi connectivity index (χ0n) is 11.1. The van der Waals surface area contributed by atoms with Crippen molar-refractivity contribution in [1.29, 1.82) is 0 Å². The van der Waals surface area contributed by atoms with Gasteiger partial charge in [-0.15, -0.1) is 0 Å². The number of nitrogens with two attached hydrogens (primary N) is 1. The van der Waals surface area contributed by atoms with E-state index >= 15 is 0 Å². The normalized spacial score (nSPS) is 10.9. The summed E-state index contributed by atoms with van der Waals surface area (Å²) in [4.78, 5) is 12.3. The molecule has 4 nitrogen and oxygen atoms in total. The monoisotopic (exact) mass is 280 g/mol. The predicted molar refractivity (Wildman–Crippen MR) is 77.9 cm³/mol. The van der Waals surface area contributed by atoms with Crippen LogP contribution in [0.2, 0.25) is 5.02 Å². The average Bonchev–Trinajstić information content (AvgIpc) is 2.41. The predicted octanol–water partition coefficient (Wildman–Crippen LogP) is 2.44. The van der Waals surface area contributed by atoms with Crippen LogP contribution in [0.1, 0.15) is 19.0 Å². The molecule has 102 valence electrons. The lowest BCUT2D eigenvalue weighted by Crippen LogP contribution is -2.23. The molecule has 0 radical (unpaired) electrons. The van der Waals surface area contributed by atoms with E-state index in [0.717, 1.165) is 11.8 Å². The van der Waals surface area contributed by atoms with Crippen LogP contribution in [0.25, 0.3) is 10.8 Å². The maximum absolute atomic E-state index is 12.3.